The van der Waals surface area contributed by atoms with E-state index in [2.05, 4.69) is 16.9 Å². The van der Waals surface area contributed by atoms with Crippen LogP contribution in [0.2, 0.25) is 0 Å². The zero-order valence-corrected chi connectivity index (χ0v) is 16.4. The number of rotatable bonds is 3. The van der Waals surface area contributed by atoms with E-state index in [1.165, 1.54) is 10.9 Å². The van der Waals surface area contributed by atoms with E-state index in [1.807, 2.05) is 0 Å². The van der Waals surface area contributed by atoms with Crippen molar-refractivity contribution in [1.29, 1.82) is 0 Å². The van der Waals surface area contributed by atoms with E-state index < -0.39 is 17.7 Å². The number of hydrogen-bond donors (Lipinski definition) is 1. The van der Waals surface area contributed by atoms with Gasteiger partial charge >= 0.3 is 6.09 Å². The van der Waals surface area contributed by atoms with Crippen molar-refractivity contribution < 1.29 is 14.3 Å². The number of fused-ring (bicyclic) bond motifs is 1. The SMILES string of the molecule is C=C1CCC(n2cnc3cc(CNC(=O)OC(C)(C)C)ccc3c2=O)C(=O)C1. The molecule has 0 saturated heterocycles. The van der Waals surface area contributed by atoms with Gasteiger partial charge in [-0.05, 0) is 51.3 Å². The van der Waals surface area contributed by atoms with Crippen molar-refractivity contribution in [2.75, 3.05) is 0 Å². The fourth-order valence-corrected chi connectivity index (χ4v) is 3.25. The van der Waals surface area contributed by atoms with E-state index in [4.69, 9.17) is 4.74 Å². The molecule has 0 radical (unpaired) electrons. The van der Waals surface area contributed by atoms with Crippen molar-refractivity contribution in [3.63, 3.8) is 0 Å². The van der Waals surface area contributed by atoms with Gasteiger partial charge in [0.25, 0.3) is 5.56 Å². The fourth-order valence-electron chi connectivity index (χ4n) is 3.25. The van der Waals surface area contributed by atoms with Crippen LogP contribution in [0.15, 0.2) is 41.5 Å². The molecule has 2 aromatic rings. The number of nitrogens with one attached hydrogen (secondary N) is 1. The number of amides is 1. The molecule has 1 aromatic heterocycles. The Labute approximate surface area is 163 Å². The molecule has 3 rings (SSSR count). The maximum Gasteiger partial charge on any atom is 0.407 e. The Kier molecular flexibility index (Phi) is 5.36. The smallest absolute Gasteiger partial charge is 0.407 e. The second-order valence-electron chi connectivity index (χ2n) is 8.11. The predicted octanol–water partition coefficient (Wildman–Crippen LogP) is 3.27. The van der Waals surface area contributed by atoms with Gasteiger partial charge in [0.2, 0.25) is 0 Å². The average Bonchev–Trinajstić information content (AvgIpc) is 2.59. The quantitative estimate of drug-likeness (QED) is 0.822. The molecule has 1 aliphatic carbocycles. The molecular formula is C21H25N3O4. The lowest BCUT2D eigenvalue weighted by atomic mass is 9.90. The third-order valence-corrected chi connectivity index (χ3v) is 4.59. The number of carbonyl (C=O) groups is 2. The van der Waals surface area contributed by atoms with Crippen molar-refractivity contribution in [2.45, 2.75) is 58.2 Å². The summed E-state index contributed by atoms with van der Waals surface area (Å²) in [5.41, 5.74) is 1.43. The molecule has 0 spiro atoms. The molecule has 1 saturated carbocycles. The lowest BCUT2D eigenvalue weighted by molar-refractivity contribution is -0.122. The minimum atomic E-state index is -0.566. The minimum absolute atomic E-state index is 0.00215. The van der Waals surface area contributed by atoms with Crippen LogP contribution in [0.5, 0.6) is 0 Å². The first-order valence-corrected chi connectivity index (χ1v) is 9.30. The molecule has 28 heavy (non-hydrogen) atoms. The molecular weight excluding hydrogens is 358 g/mol. The maximum atomic E-state index is 12.8. The van der Waals surface area contributed by atoms with Gasteiger partial charge in [-0.1, -0.05) is 18.2 Å². The number of allylic oxidation sites excluding steroid dienone is 1. The number of ketones is 1. The zero-order valence-electron chi connectivity index (χ0n) is 16.4. The van der Waals surface area contributed by atoms with Crippen LogP contribution in [0, 0.1) is 0 Å². The Morgan fingerprint density at radius 2 is 2.11 bits per heavy atom. The lowest BCUT2D eigenvalue weighted by Crippen LogP contribution is -2.33. The van der Waals surface area contributed by atoms with Crippen molar-refractivity contribution in [3.05, 3.63) is 52.6 Å². The number of nitrogens with zero attached hydrogens (tertiary/aromatic N) is 2. The van der Waals surface area contributed by atoms with Crippen molar-refractivity contribution in [2.24, 2.45) is 0 Å². The molecule has 0 bridgehead atoms. The van der Waals surface area contributed by atoms with Gasteiger partial charge in [0.05, 0.1) is 23.3 Å². The molecule has 1 atom stereocenters. The van der Waals surface area contributed by atoms with Crippen molar-refractivity contribution >= 4 is 22.8 Å². The molecule has 7 nitrogen and oxygen atoms in total. The summed E-state index contributed by atoms with van der Waals surface area (Å²) in [4.78, 5) is 41.3. The standard InChI is InChI=1S/C21H25N3O4/c1-13-5-8-17(18(25)9-13)24-12-23-16-10-14(6-7-15(16)19(24)26)11-22-20(27)28-21(2,3)4/h6-7,10,12,17H,1,5,8-9,11H2,2-4H3,(H,22,27). The van der Waals surface area contributed by atoms with Crippen molar-refractivity contribution in [1.82, 2.24) is 14.9 Å². The van der Waals surface area contributed by atoms with Gasteiger partial charge in [0, 0.05) is 13.0 Å². The van der Waals surface area contributed by atoms with Gasteiger partial charge in [-0.25, -0.2) is 9.78 Å². The average molecular weight is 383 g/mol. The number of aromatic nitrogens is 2. The highest BCUT2D eigenvalue weighted by Gasteiger charge is 2.27. The summed E-state index contributed by atoms with van der Waals surface area (Å²) in [6.45, 7) is 9.51. The highest BCUT2D eigenvalue weighted by molar-refractivity contribution is 5.86. The Morgan fingerprint density at radius 3 is 2.79 bits per heavy atom. The molecule has 1 aliphatic rings. The van der Waals surface area contributed by atoms with Crippen LogP contribution in [-0.2, 0) is 16.1 Å². The first kappa shape index (κ1) is 19.8. The van der Waals surface area contributed by atoms with Crippen LogP contribution >= 0.6 is 0 Å². The predicted molar refractivity (Wildman–Crippen MR) is 106 cm³/mol. The van der Waals surface area contributed by atoms with Gasteiger partial charge in [-0.15, -0.1) is 0 Å². The van der Waals surface area contributed by atoms with Crippen LogP contribution in [0.25, 0.3) is 10.9 Å². The summed E-state index contributed by atoms with van der Waals surface area (Å²) in [6, 6.07) is 4.71. The molecule has 1 heterocycles. The zero-order chi connectivity index (χ0) is 20.5. The van der Waals surface area contributed by atoms with E-state index >= 15 is 0 Å². The first-order chi connectivity index (χ1) is 13.1. The number of benzene rings is 1. The largest absolute Gasteiger partial charge is 0.444 e. The van der Waals surface area contributed by atoms with Gasteiger partial charge < -0.3 is 10.1 Å². The summed E-state index contributed by atoms with van der Waals surface area (Å²) in [7, 11) is 0. The Balaban J connectivity index is 1.79. The molecule has 1 aromatic carbocycles. The normalized spacial score (nSPS) is 17.6. The van der Waals surface area contributed by atoms with E-state index in [1.54, 1.807) is 39.0 Å². The monoisotopic (exact) mass is 383 g/mol. The highest BCUT2D eigenvalue weighted by Crippen LogP contribution is 2.27. The molecule has 148 valence electrons. The summed E-state index contributed by atoms with van der Waals surface area (Å²) < 4.78 is 6.64. The molecule has 1 unspecified atom stereocenters. The fraction of sp³-hybridized carbons (Fsp3) is 0.429. The van der Waals surface area contributed by atoms with E-state index in [9.17, 15) is 14.4 Å². The number of ether oxygens (including phenoxy) is 1. The second kappa shape index (κ2) is 7.58. The topological polar surface area (TPSA) is 90.3 Å². The molecule has 1 amide bonds. The Bertz CT molecular complexity index is 1000. The van der Waals surface area contributed by atoms with Gasteiger partial charge in [0.15, 0.2) is 5.78 Å². The summed E-state index contributed by atoms with van der Waals surface area (Å²) in [5, 5.41) is 3.13. The number of hydrogen-bond acceptors (Lipinski definition) is 5. The van der Waals surface area contributed by atoms with Crippen LogP contribution in [0.3, 0.4) is 0 Å². The molecule has 1 N–H and O–H groups in total. The third kappa shape index (κ3) is 4.47. The molecule has 1 fully saturated rings. The summed E-state index contributed by atoms with van der Waals surface area (Å²) in [5.74, 6) is -0.00215. The Morgan fingerprint density at radius 1 is 1.36 bits per heavy atom. The Hall–Kier alpha value is -2.96. The summed E-state index contributed by atoms with van der Waals surface area (Å²) in [6.07, 6.45) is 2.55. The molecule has 7 heteroatoms. The van der Waals surface area contributed by atoms with E-state index in [0.29, 0.717) is 23.7 Å². The highest BCUT2D eigenvalue weighted by atomic mass is 16.6. The van der Waals surface area contributed by atoms with Crippen LogP contribution in [0.4, 0.5) is 4.79 Å². The second-order valence-corrected chi connectivity index (χ2v) is 8.11. The van der Waals surface area contributed by atoms with Crippen LogP contribution in [-0.4, -0.2) is 27.0 Å². The third-order valence-electron chi connectivity index (χ3n) is 4.59. The van der Waals surface area contributed by atoms with Crippen molar-refractivity contribution in [3.8, 4) is 0 Å². The van der Waals surface area contributed by atoms with Gasteiger partial charge in [-0.2, -0.15) is 0 Å². The van der Waals surface area contributed by atoms with E-state index in [0.717, 1.165) is 17.6 Å². The van der Waals surface area contributed by atoms with Gasteiger partial charge in [0.1, 0.15) is 5.60 Å². The number of alkyl carbamates (subject to hydrolysis) is 1. The van der Waals surface area contributed by atoms with Crippen LogP contribution in [0.1, 0.15) is 51.6 Å². The maximum absolute atomic E-state index is 12.8. The van der Waals surface area contributed by atoms with Gasteiger partial charge in [-0.3, -0.25) is 14.2 Å². The molecule has 0 aliphatic heterocycles. The summed E-state index contributed by atoms with van der Waals surface area (Å²) >= 11 is 0. The van der Waals surface area contributed by atoms with Crippen LogP contribution < -0.4 is 10.9 Å². The lowest BCUT2D eigenvalue weighted by Gasteiger charge is -2.24. The van der Waals surface area contributed by atoms with E-state index in [-0.39, 0.29) is 17.9 Å². The minimum Gasteiger partial charge on any atom is -0.444 e. The first-order valence-electron chi connectivity index (χ1n) is 9.30. The number of Topliss-reactive ketones (excluding diaryl/α,β-unsaturated/α-hetero) is 1. The number of carbonyl (C=O) groups excluding carboxylic acids is 2.